The van der Waals surface area contributed by atoms with E-state index in [0.29, 0.717) is 24.3 Å². The lowest BCUT2D eigenvalue weighted by atomic mass is 9.96. The molecule has 2 N–H and O–H groups in total. The van der Waals surface area contributed by atoms with Crippen LogP contribution in [0.25, 0.3) is 0 Å². The number of thiophene rings is 1. The van der Waals surface area contributed by atoms with Gasteiger partial charge < -0.3 is 15.4 Å². The number of rotatable bonds is 6. The molecule has 1 aromatic rings. The van der Waals surface area contributed by atoms with Gasteiger partial charge in [-0.3, -0.25) is 9.89 Å². The van der Waals surface area contributed by atoms with E-state index in [1.807, 2.05) is 11.3 Å². The number of hydrogen-bond donors (Lipinski definition) is 2. The van der Waals surface area contributed by atoms with E-state index < -0.39 is 0 Å². The average Bonchev–Trinajstić information content (AvgIpc) is 3.40. The molecule has 138 valence electrons. The first-order chi connectivity index (χ1) is 12.3. The van der Waals surface area contributed by atoms with Crippen LogP contribution in [0.15, 0.2) is 22.5 Å². The van der Waals surface area contributed by atoms with Gasteiger partial charge in [0.25, 0.3) is 0 Å². The summed E-state index contributed by atoms with van der Waals surface area (Å²) >= 11 is 1.85. The standard InChI is InChI=1S/C19H30N4OS/c1-2-20-19(22-15-12-14-7-8-17(15)24-14)21-13-16(18-6-5-11-25-18)23-9-3-4-10-23/h5-6,11,14-17H,2-4,7-10,12-13H2,1H3,(H2,20,21,22). The number of ether oxygens (including phenoxy) is 1. The summed E-state index contributed by atoms with van der Waals surface area (Å²) in [5.74, 6) is 0.949. The number of aliphatic imine (C=N–C) groups is 1. The summed E-state index contributed by atoms with van der Waals surface area (Å²) in [7, 11) is 0. The summed E-state index contributed by atoms with van der Waals surface area (Å²) < 4.78 is 5.98. The van der Waals surface area contributed by atoms with E-state index >= 15 is 0 Å². The van der Waals surface area contributed by atoms with Crippen LogP contribution in [0.1, 0.15) is 49.9 Å². The van der Waals surface area contributed by atoms with Gasteiger partial charge in [-0.25, -0.2) is 0 Å². The minimum atomic E-state index is 0.375. The molecule has 0 radical (unpaired) electrons. The zero-order chi connectivity index (χ0) is 17.1. The second kappa shape index (κ2) is 8.06. The van der Waals surface area contributed by atoms with Crippen molar-refractivity contribution in [2.24, 2.45) is 4.99 Å². The first-order valence-corrected chi connectivity index (χ1v) is 10.7. The Labute approximate surface area is 154 Å². The molecule has 4 rings (SSSR count). The Balaban J connectivity index is 1.43. The molecule has 0 saturated carbocycles. The molecule has 2 bridgehead atoms. The molecule has 0 aliphatic carbocycles. The van der Waals surface area contributed by atoms with Crippen molar-refractivity contribution in [2.75, 3.05) is 26.2 Å². The summed E-state index contributed by atoms with van der Waals surface area (Å²) in [5.41, 5.74) is 0. The van der Waals surface area contributed by atoms with E-state index in [1.165, 1.54) is 43.6 Å². The quantitative estimate of drug-likeness (QED) is 0.603. The third-order valence-electron chi connectivity index (χ3n) is 5.65. The van der Waals surface area contributed by atoms with Crippen LogP contribution in [0, 0.1) is 0 Å². The maximum absolute atomic E-state index is 5.98. The van der Waals surface area contributed by atoms with Crippen molar-refractivity contribution in [3.05, 3.63) is 22.4 Å². The SMILES string of the molecule is CCNC(=NCC(c1cccs1)N1CCCC1)NC1CC2CCC1O2. The van der Waals surface area contributed by atoms with Crippen molar-refractivity contribution in [1.29, 1.82) is 0 Å². The van der Waals surface area contributed by atoms with E-state index in [2.05, 4.69) is 40.0 Å². The number of guanidine groups is 1. The third kappa shape index (κ3) is 4.01. The summed E-state index contributed by atoms with van der Waals surface area (Å²) in [6, 6.07) is 5.24. The van der Waals surface area contributed by atoms with Crippen molar-refractivity contribution in [1.82, 2.24) is 15.5 Å². The van der Waals surface area contributed by atoms with Gasteiger partial charge in [0.05, 0.1) is 30.8 Å². The predicted octanol–water partition coefficient (Wildman–Crippen LogP) is 2.76. The second-order valence-electron chi connectivity index (χ2n) is 7.35. The Morgan fingerprint density at radius 2 is 2.28 bits per heavy atom. The van der Waals surface area contributed by atoms with Gasteiger partial charge in [0.1, 0.15) is 0 Å². The first-order valence-electron chi connectivity index (χ1n) is 9.81. The highest BCUT2D eigenvalue weighted by molar-refractivity contribution is 7.10. The highest BCUT2D eigenvalue weighted by Gasteiger charge is 2.41. The molecule has 5 nitrogen and oxygen atoms in total. The van der Waals surface area contributed by atoms with Crippen LogP contribution >= 0.6 is 11.3 Å². The highest BCUT2D eigenvalue weighted by atomic mass is 32.1. The largest absolute Gasteiger partial charge is 0.373 e. The van der Waals surface area contributed by atoms with E-state index in [1.54, 1.807) is 0 Å². The summed E-state index contributed by atoms with van der Waals surface area (Å²) in [4.78, 5) is 9.00. The Bertz CT molecular complexity index is 570. The second-order valence-corrected chi connectivity index (χ2v) is 8.33. The van der Waals surface area contributed by atoms with Crippen LogP contribution in [0.3, 0.4) is 0 Å². The fourth-order valence-corrected chi connectivity index (χ4v) is 5.23. The van der Waals surface area contributed by atoms with Gasteiger partial charge in [-0.2, -0.15) is 0 Å². The average molecular weight is 363 g/mol. The summed E-state index contributed by atoms with van der Waals surface area (Å²) in [6.45, 7) is 6.23. The Hall–Kier alpha value is -1.11. The lowest BCUT2D eigenvalue weighted by Gasteiger charge is -2.26. The number of fused-ring (bicyclic) bond motifs is 2. The Morgan fingerprint density at radius 1 is 1.40 bits per heavy atom. The van der Waals surface area contributed by atoms with E-state index in [-0.39, 0.29) is 0 Å². The van der Waals surface area contributed by atoms with Crippen molar-refractivity contribution >= 4 is 17.3 Å². The molecule has 3 saturated heterocycles. The van der Waals surface area contributed by atoms with Crippen LogP contribution < -0.4 is 10.6 Å². The minimum absolute atomic E-state index is 0.375. The normalized spacial score (nSPS) is 30.8. The van der Waals surface area contributed by atoms with Crippen molar-refractivity contribution in [3.8, 4) is 0 Å². The maximum atomic E-state index is 5.98. The van der Waals surface area contributed by atoms with Crippen LogP contribution in [0.2, 0.25) is 0 Å². The van der Waals surface area contributed by atoms with E-state index in [0.717, 1.165) is 25.5 Å². The lowest BCUT2D eigenvalue weighted by Crippen LogP contribution is -2.47. The van der Waals surface area contributed by atoms with Crippen molar-refractivity contribution < 1.29 is 4.74 Å². The predicted molar refractivity (Wildman–Crippen MR) is 103 cm³/mol. The van der Waals surface area contributed by atoms with Crippen LogP contribution in [0.5, 0.6) is 0 Å². The number of nitrogens with zero attached hydrogens (tertiary/aromatic N) is 2. The number of likely N-dealkylation sites (tertiary alicyclic amines) is 1. The molecule has 3 aliphatic heterocycles. The van der Waals surface area contributed by atoms with Crippen molar-refractivity contribution in [3.63, 3.8) is 0 Å². The van der Waals surface area contributed by atoms with Gasteiger partial charge in [0, 0.05) is 11.4 Å². The van der Waals surface area contributed by atoms with Gasteiger partial charge in [0.15, 0.2) is 5.96 Å². The molecule has 4 unspecified atom stereocenters. The maximum Gasteiger partial charge on any atom is 0.191 e. The van der Waals surface area contributed by atoms with E-state index in [4.69, 9.17) is 9.73 Å². The lowest BCUT2D eigenvalue weighted by molar-refractivity contribution is 0.0992. The molecule has 0 aromatic carbocycles. The molecule has 0 amide bonds. The van der Waals surface area contributed by atoms with Crippen LogP contribution in [-0.2, 0) is 4.74 Å². The Kier molecular flexibility index (Phi) is 5.58. The topological polar surface area (TPSA) is 48.9 Å². The monoisotopic (exact) mass is 362 g/mol. The summed E-state index contributed by atoms with van der Waals surface area (Å²) in [6.07, 6.45) is 7.00. The zero-order valence-electron chi connectivity index (χ0n) is 15.1. The third-order valence-corrected chi connectivity index (χ3v) is 6.62. The fourth-order valence-electron chi connectivity index (χ4n) is 4.38. The number of hydrogen-bond acceptors (Lipinski definition) is 4. The molecule has 4 atom stereocenters. The fraction of sp³-hybridized carbons (Fsp3) is 0.737. The van der Waals surface area contributed by atoms with Crippen LogP contribution in [0.4, 0.5) is 0 Å². The molecular formula is C19H30N4OS. The zero-order valence-corrected chi connectivity index (χ0v) is 15.9. The van der Waals surface area contributed by atoms with Crippen LogP contribution in [-0.4, -0.2) is 55.3 Å². The van der Waals surface area contributed by atoms with Crippen molar-refractivity contribution in [2.45, 2.75) is 63.3 Å². The van der Waals surface area contributed by atoms with Gasteiger partial charge in [-0.15, -0.1) is 11.3 Å². The van der Waals surface area contributed by atoms with E-state index in [9.17, 15) is 0 Å². The molecule has 4 heterocycles. The minimum Gasteiger partial charge on any atom is -0.373 e. The molecule has 3 fully saturated rings. The van der Waals surface area contributed by atoms with Gasteiger partial charge in [-0.05, 0) is 63.6 Å². The molecular weight excluding hydrogens is 332 g/mol. The Morgan fingerprint density at radius 3 is 2.92 bits per heavy atom. The van der Waals surface area contributed by atoms with Gasteiger partial charge in [0.2, 0.25) is 0 Å². The molecule has 3 aliphatic rings. The number of nitrogens with one attached hydrogen (secondary N) is 2. The summed E-state index contributed by atoms with van der Waals surface area (Å²) in [5, 5.41) is 9.25. The van der Waals surface area contributed by atoms with Gasteiger partial charge in [-0.1, -0.05) is 6.07 Å². The molecule has 25 heavy (non-hydrogen) atoms. The smallest absolute Gasteiger partial charge is 0.191 e. The first kappa shape index (κ1) is 17.3. The molecule has 1 aromatic heterocycles. The molecule has 6 heteroatoms. The van der Waals surface area contributed by atoms with Gasteiger partial charge >= 0.3 is 0 Å². The molecule has 0 spiro atoms. The highest BCUT2D eigenvalue weighted by Crippen LogP contribution is 2.34.